The van der Waals surface area contributed by atoms with E-state index in [9.17, 15) is 13.6 Å². The lowest BCUT2D eigenvalue weighted by Gasteiger charge is -2.06. The van der Waals surface area contributed by atoms with E-state index in [0.29, 0.717) is 11.3 Å². The van der Waals surface area contributed by atoms with Crippen LogP contribution < -0.4 is 5.32 Å². The molecule has 0 spiro atoms. The van der Waals surface area contributed by atoms with E-state index in [2.05, 4.69) is 11.9 Å². The van der Waals surface area contributed by atoms with Crippen LogP contribution in [-0.2, 0) is 4.79 Å². The molecule has 0 fully saturated rings. The Hall–Kier alpha value is -1.71. The highest BCUT2D eigenvalue weighted by atomic mass is 19.3. The van der Waals surface area contributed by atoms with Gasteiger partial charge in [0.15, 0.2) is 0 Å². The number of hydrogen-bond acceptors (Lipinski definition) is 1. The van der Waals surface area contributed by atoms with Gasteiger partial charge >= 0.3 is 0 Å². The summed E-state index contributed by atoms with van der Waals surface area (Å²) in [5, 5.41) is 2.54. The SMILES string of the molecule is C=C(c1ccc(NC(C)=O)cc1)C(F)F. The second-order valence-corrected chi connectivity index (χ2v) is 3.08. The van der Waals surface area contributed by atoms with Crippen LogP contribution >= 0.6 is 0 Å². The van der Waals surface area contributed by atoms with Gasteiger partial charge in [-0.3, -0.25) is 4.79 Å². The first kappa shape index (κ1) is 11.4. The quantitative estimate of drug-likeness (QED) is 0.818. The molecule has 0 unspecified atom stereocenters. The number of nitrogens with one attached hydrogen (secondary N) is 1. The lowest BCUT2D eigenvalue weighted by atomic mass is 10.1. The third-order valence-electron chi connectivity index (χ3n) is 1.84. The number of amides is 1. The highest BCUT2D eigenvalue weighted by Crippen LogP contribution is 2.21. The molecule has 1 amide bonds. The molecular formula is C11H11F2NO. The van der Waals surface area contributed by atoms with Gasteiger partial charge in [0.2, 0.25) is 5.91 Å². The molecule has 0 aliphatic carbocycles. The largest absolute Gasteiger partial charge is 0.326 e. The van der Waals surface area contributed by atoms with Gasteiger partial charge in [0.1, 0.15) is 0 Å². The van der Waals surface area contributed by atoms with Crippen molar-refractivity contribution in [1.29, 1.82) is 0 Å². The maximum Gasteiger partial charge on any atom is 0.263 e. The first-order valence-corrected chi connectivity index (χ1v) is 4.35. The Labute approximate surface area is 86.6 Å². The van der Waals surface area contributed by atoms with Crippen LogP contribution in [0.1, 0.15) is 12.5 Å². The van der Waals surface area contributed by atoms with Crippen molar-refractivity contribution in [1.82, 2.24) is 0 Å². The molecule has 80 valence electrons. The number of alkyl halides is 2. The topological polar surface area (TPSA) is 29.1 Å². The second-order valence-electron chi connectivity index (χ2n) is 3.08. The summed E-state index contributed by atoms with van der Waals surface area (Å²) in [5.41, 5.74) is 0.733. The van der Waals surface area contributed by atoms with E-state index < -0.39 is 6.43 Å². The molecule has 0 bridgehead atoms. The summed E-state index contributed by atoms with van der Waals surface area (Å²) in [6.45, 7) is 4.66. The van der Waals surface area contributed by atoms with Crippen LogP contribution in [0.25, 0.3) is 5.57 Å². The predicted molar refractivity (Wildman–Crippen MR) is 55.8 cm³/mol. The minimum Gasteiger partial charge on any atom is -0.326 e. The third-order valence-corrected chi connectivity index (χ3v) is 1.84. The number of carbonyl (C=O) groups excluding carboxylic acids is 1. The Morgan fingerprint density at radius 3 is 2.27 bits per heavy atom. The van der Waals surface area contributed by atoms with Crippen LogP contribution in [0.4, 0.5) is 14.5 Å². The van der Waals surface area contributed by atoms with Gasteiger partial charge in [0.25, 0.3) is 6.43 Å². The van der Waals surface area contributed by atoms with E-state index in [1.165, 1.54) is 19.1 Å². The zero-order chi connectivity index (χ0) is 11.4. The fourth-order valence-electron chi connectivity index (χ4n) is 1.10. The molecule has 1 aromatic carbocycles. The Morgan fingerprint density at radius 1 is 1.33 bits per heavy atom. The molecule has 0 atom stereocenters. The van der Waals surface area contributed by atoms with E-state index in [1.807, 2.05) is 0 Å². The fourth-order valence-corrected chi connectivity index (χ4v) is 1.10. The molecule has 0 aliphatic rings. The molecule has 1 rings (SSSR count). The summed E-state index contributed by atoms with van der Waals surface area (Å²) in [6.07, 6.45) is -2.56. The highest BCUT2D eigenvalue weighted by molar-refractivity contribution is 5.88. The van der Waals surface area contributed by atoms with Gasteiger partial charge in [-0.25, -0.2) is 8.78 Å². The number of carbonyl (C=O) groups is 1. The standard InChI is InChI=1S/C11H11F2NO/c1-7(11(12)13)9-3-5-10(6-4-9)14-8(2)15/h3-6,11H,1H2,2H3,(H,14,15). The van der Waals surface area contributed by atoms with Crippen molar-refractivity contribution in [2.75, 3.05) is 5.32 Å². The number of halogens is 2. The van der Waals surface area contributed by atoms with Crippen molar-refractivity contribution in [3.63, 3.8) is 0 Å². The average molecular weight is 211 g/mol. The van der Waals surface area contributed by atoms with Gasteiger partial charge < -0.3 is 5.32 Å². The summed E-state index contributed by atoms with van der Waals surface area (Å²) < 4.78 is 24.5. The number of hydrogen-bond donors (Lipinski definition) is 1. The fraction of sp³-hybridized carbons (Fsp3) is 0.182. The summed E-state index contributed by atoms with van der Waals surface area (Å²) in [5.74, 6) is -0.199. The summed E-state index contributed by atoms with van der Waals surface area (Å²) in [6, 6.07) is 6.12. The second kappa shape index (κ2) is 4.68. The molecule has 4 heteroatoms. The smallest absolute Gasteiger partial charge is 0.263 e. The van der Waals surface area contributed by atoms with Gasteiger partial charge in [-0.15, -0.1) is 0 Å². The zero-order valence-electron chi connectivity index (χ0n) is 8.26. The predicted octanol–water partition coefficient (Wildman–Crippen LogP) is 2.92. The average Bonchev–Trinajstić information content (AvgIpc) is 2.17. The van der Waals surface area contributed by atoms with Crippen molar-refractivity contribution in [2.45, 2.75) is 13.3 Å². The van der Waals surface area contributed by atoms with E-state index in [4.69, 9.17) is 0 Å². The van der Waals surface area contributed by atoms with Gasteiger partial charge in [-0.1, -0.05) is 18.7 Å². The molecule has 1 aromatic rings. The molecule has 0 saturated carbocycles. The van der Waals surface area contributed by atoms with Crippen molar-refractivity contribution in [3.8, 4) is 0 Å². The lowest BCUT2D eigenvalue weighted by Crippen LogP contribution is -2.05. The summed E-state index contributed by atoms with van der Waals surface area (Å²) >= 11 is 0. The Bertz CT molecular complexity index is 371. The van der Waals surface area contributed by atoms with Gasteiger partial charge in [0.05, 0.1) is 0 Å². The van der Waals surface area contributed by atoms with Gasteiger partial charge in [-0.2, -0.15) is 0 Å². The van der Waals surface area contributed by atoms with E-state index in [1.54, 1.807) is 12.1 Å². The first-order chi connectivity index (χ1) is 7.00. The summed E-state index contributed by atoms with van der Waals surface area (Å²) in [4.78, 5) is 10.7. The molecule has 0 radical (unpaired) electrons. The number of anilines is 1. The van der Waals surface area contributed by atoms with Gasteiger partial charge in [0, 0.05) is 18.2 Å². The maximum absolute atomic E-state index is 12.3. The number of rotatable bonds is 3. The van der Waals surface area contributed by atoms with Crippen molar-refractivity contribution >= 4 is 17.2 Å². The monoisotopic (exact) mass is 211 g/mol. The molecule has 0 aliphatic heterocycles. The minimum atomic E-state index is -2.56. The van der Waals surface area contributed by atoms with Crippen LogP contribution in [0, 0.1) is 0 Å². The number of allylic oxidation sites excluding steroid dienone is 1. The number of benzene rings is 1. The normalized spacial score (nSPS) is 10.1. The first-order valence-electron chi connectivity index (χ1n) is 4.35. The molecule has 0 aromatic heterocycles. The van der Waals surface area contributed by atoms with E-state index in [-0.39, 0.29) is 11.5 Å². The molecule has 2 nitrogen and oxygen atoms in total. The molecule has 0 saturated heterocycles. The van der Waals surface area contributed by atoms with Gasteiger partial charge in [-0.05, 0) is 17.7 Å². The van der Waals surface area contributed by atoms with E-state index >= 15 is 0 Å². The molecule has 0 heterocycles. The van der Waals surface area contributed by atoms with Crippen molar-refractivity contribution < 1.29 is 13.6 Å². The van der Waals surface area contributed by atoms with Crippen LogP contribution in [0.15, 0.2) is 30.8 Å². The lowest BCUT2D eigenvalue weighted by molar-refractivity contribution is -0.114. The third kappa shape index (κ3) is 3.16. The van der Waals surface area contributed by atoms with Crippen molar-refractivity contribution in [3.05, 3.63) is 36.4 Å². The molecular weight excluding hydrogens is 200 g/mol. The minimum absolute atomic E-state index is 0.199. The van der Waals surface area contributed by atoms with Crippen LogP contribution in [0.5, 0.6) is 0 Å². The zero-order valence-corrected chi connectivity index (χ0v) is 8.26. The Morgan fingerprint density at radius 2 is 1.87 bits per heavy atom. The summed E-state index contributed by atoms with van der Waals surface area (Å²) in [7, 11) is 0. The Kier molecular flexibility index (Phi) is 3.55. The van der Waals surface area contributed by atoms with E-state index in [0.717, 1.165) is 0 Å². The maximum atomic E-state index is 12.3. The van der Waals surface area contributed by atoms with Crippen molar-refractivity contribution in [2.24, 2.45) is 0 Å². The highest BCUT2D eigenvalue weighted by Gasteiger charge is 2.10. The molecule has 15 heavy (non-hydrogen) atoms. The van der Waals surface area contributed by atoms with Crippen LogP contribution in [-0.4, -0.2) is 12.3 Å². The van der Waals surface area contributed by atoms with Crippen LogP contribution in [0.3, 0.4) is 0 Å². The van der Waals surface area contributed by atoms with Crippen LogP contribution in [0.2, 0.25) is 0 Å². The molecule has 1 N–H and O–H groups in total. The Balaban J connectivity index is 2.81.